The fraction of sp³-hybridized carbons (Fsp3) is 0.409. The number of furan rings is 1. The van der Waals surface area contributed by atoms with E-state index in [-0.39, 0.29) is 5.60 Å². The first-order valence-electron chi connectivity index (χ1n) is 10.2. The molecule has 5 heterocycles. The van der Waals surface area contributed by atoms with Gasteiger partial charge in [-0.15, -0.1) is 11.3 Å². The van der Waals surface area contributed by atoms with Crippen molar-refractivity contribution in [2.24, 2.45) is 0 Å². The third kappa shape index (κ3) is 3.34. The van der Waals surface area contributed by atoms with Crippen LogP contribution in [-0.2, 0) is 17.8 Å². The second-order valence-corrected chi connectivity index (χ2v) is 9.69. The van der Waals surface area contributed by atoms with Gasteiger partial charge in [0, 0.05) is 17.4 Å². The quantitative estimate of drug-likeness (QED) is 0.513. The molecule has 7 nitrogen and oxygen atoms in total. The molecule has 30 heavy (non-hydrogen) atoms. The lowest BCUT2D eigenvalue weighted by atomic mass is 9.89. The Morgan fingerprint density at radius 3 is 2.87 bits per heavy atom. The molecule has 0 bridgehead atoms. The van der Waals surface area contributed by atoms with Gasteiger partial charge in [-0.25, -0.2) is 15.0 Å². The van der Waals surface area contributed by atoms with Gasteiger partial charge < -0.3 is 19.4 Å². The number of rotatable bonds is 5. The fourth-order valence-electron chi connectivity index (χ4n) is 3.98. The van der Waals surface area contributed by atoms with E-state index in [2.05, 4.69) is 43.2 Å². The Morgan fingerprint density at radius 2 is 2.10 bits per heavy atom. The lowest BCUT2D eigenvalue weighted by Gasteiger charge is -2.32. The summed E-state index contributed by atoms with van der Waals surface area (Å²) in [6, 6.07) is 3.85. The Kier molecular flexibility index (Phi) is 4.72. The average Bonchev–Trinajstić information content (AvgIpc) is 3.34. The zero-order valence-electron chi connectivity index (χ0n) is 17.7. The molecule has 0 unspecified atom stereocenters. The summed E-state index contributed by atoms with van der Waals surface area (Å²) in [5, 5.41) is 4.61. The average molecular weight is 425 g/mol. The van der Waals surface area contributed by atoms with E-state index in [0.29, 0.717) is 6.61 Å². The van der Waals surface area contributed by atoms with E-state index in [1.807, 2.05) is 12.1 Å². The number of ether oxygens (including phenoxy) is 1. The van der Waals surface area contributed by atoms with Crippen LogP contribution in [0, 0.1) is 0 Å². The molecule has 0 aromatic carbocycles. The monoisotopic (exact) mass is 424 g/mol. The minimum absolute atomic E-state index is 0.238. The van der Waals surface area contributed by atoms with Crippen LogP contribution in [0.25, 0.3) is 31.9 Å². The number of nitrogens with one attached hydrogen (secondary N) is 2. The molecule has 0 saturated heterocycles. The number of fused-ring (bicyclic) bond motifs is 5. The van der Waals surface area contributed by atoms with Gasteiger partial charge in [-0.05, 0) is 31.5 Å². The van der Waals surface area contributed by atoms with Gasteiger partial charge in [0.05, 0.1) is 55.9 Å². The van der Waals surface area contributed by atoms with Crippen molar-refractivity contribution in [3.05, 3.63) is 35.9 Å². The van der Waals surface area contributed by atoms with Gasteiger partial charge >= 0.3 is 0 Å². The summed E-state index contributed by atoms with van der Waals surface area (Å²) < 4.78 is 12.9. The lowest BCUT2D eigenvalue weighted by molar-refractivity contribution is -0.856. The molecule has 0 fully saturated rings. The van der Waals surface area contributed by atoms with E-state index in [9.17, 15) is 0 Å². The fourth-order valence-corrected chi connectivity index (χ4v) is 5.11. The number of aromatic nitrogens is 3. The van der Waals surface area contributed by atoms with Crippen LogP contribution in [0.3, 0.4) is 0 Å². The number of hydrogen-bond acceptors (Lipinski definition) is 7. The van der Waals surface area contributed by atoms with Crippen molar-refractivity contribution in [2.45, 2.75) is 32.5 Å². The molecule has 0 saturated carbocycles. The molecular formula is C22H26N5O2S+. The van der Waals surface area contributed by atoms with Crippen molar-refractivity contribution in [3.63, 3.8) is 0 Å². The van der Waals surface area contributed by atoms with Crippen LogP contribution in [0.5, 0.6) is 0 Å². The van der Waals surface area contributed by atoms with E-state index < -0.39 is 0 Å². The number of pyridine rings is 1. The van der Waals surface area contributed by atoms with Crippen LogP contribution in [0.1, 0.15) is 25.0 Å². The first-order valence-corrected chi connectivity index (χ1v) is 11.0. The van der Waals surface area contributed by atoms with Crippen LogP contribution in [0.4, 0.5) is 5.82 Å². The second kappa shape index (κ2) is 7.30. The number of nitrogens with zero attached hydrogens (tertiary/aromatic N) is 3. The number of hydrogen-bond donors (Lipinski definition) is 2. The molecule has 1 aliphatic rings. The Labute approximate surface area is 179 Å². The minimum atomic E-state index is -0.238. The lowest BCUT2D eigenvalue weighted by Crippen LogP contribution is -3.06. The highest BCUT2D eigenvalue weighted by molar-refractivity contribution is 7.26. The Morgan fingerprint density at radius 1 is 1.23 bits per heavy atom. The van der Waals surface area contributed by atoms with E-state index in [1.165, 1.54) is 10.5 Å². The summed E-state index contributed by atoms with van der Waals surface area (Å²) in [6.45, 7) is 6.65. The highest BCUT2D eigenvalue weighted by Gasteiger charge is 2.32. The number of quaternary nitrogens is 1. The largest absolute Gasteiger partial charge is 0.463 e. The second-order valence-electron chi connectivity index (χ2n) is 8.69. The molecule has 5 rings (SSSR count). The van der Waals surface area contributed by atoms with Gasteiger partial charge in [0.15, 0.2) is 5.76 Å². The zero-order valence-corrected chi connectivity index (χ0v) is 18.5. The number of thiophene rings is 1. The van der Waals surface area contributed by atoms with E-state index in [0.717, 1.165) is 62.8 Å². The van der Waals surface area contributed by atoms with Gasteiger partial charge in [-0.2, -0.15) is 0 Å². The molecule has 1 aliphatic heterocycles. The van der Waals surface area contributed by atoms with Crippen molar-refractivity contribution in [3.8, 4) is 11.5 Å². The Hall–Kier alpha value is -2.55. The maximum Gasteiger partial charge on any atom is 0.152 e. The number of likely N-dealkylation sites (N-methyl/N-ethyl adjacent to an activating group) is 1. The molecule has 4 aromatic heterocycles. The van der Waals surface area contributed by atoms with Crippen molar-refractivity contribution >= 4 is 37.6 Å². The minimum Gasteiger partial charge on any atom is -0.463 e. The first-order chi connectivity index (χ1) is 14.4. The molecule has 0 atom stereocenters. The topological polar surface area (TPSA) is 77.5 Å². The van der Waals surface area contributed by atoms with Gasteiger partial charge in [0.25, 0.3) is 0 Å². The van der Waals surface area contributed by atoms with E-state index >= 15 is 0 Å². The highest BCUT2D eigenvalue weighted by atomic mass is 32.1. The van der Waals surface area contributed by atoms with Crippen LogP contribution < -0.4 is 10.2 Å². The van der Waals surface area contributed by atoms with Gasteiger partial charge in [-0.3, -0.25) is 0 Å². The smallest absolute Gasteiger partial charge is 0.152 e. The molecule has 8 heteroatoms. The standard InChI is InChI=1S/C22H25N5O2S/c1-22(2)10-13-14(11-29-22)17(15-6-5-9-28-15)26-21-16(13)18-19(30-21)20(25-12-24-18)23-7-8-27(3)4/h5-6,9,12H,7-8,10-11H2,1-4H3,(H,23,24,25)/p+1. The van der Waals surface area contributed by atoms with Crippen LogP contribution >= 0.6 is 11.3 Å². The molecule has 2 N–H and O–H groups in total. The first kappa shape index (κ1) is 19.4. The third-order valence-corrected chi connectivity index (χ3v) is 6.58. The van der Waals surface area contributed by atoms with Crippen LogP contribution in [0.15, 0.2) is 29.1 Å². The molecule has 0 aliphatic carbocycles. The van der Waals surface area contributed by atoms with Crippen LogP contribution in [-0.4, -0.2) is 47.7 Å². The molecule has 0 spiro atoms. The normalized spacial score (nSPS) is 15.8. The Bertz CT molecular complexity index is 1210. The van der Waals surface area contributed by atoms with Crippen LogP contribution in [0.2, 0.25) is 0 Å². The summed E-state index contributed by atoms with van der Waals surface area (Å²) in [5.74, 6) is 1.65. The number of anilines is 1. The summed E-state index contributed by atoms with van der Waals surface area (Å²) in [7, 11) is 4.29. The third-order valence-electron chi connectivity index (χ3n) is 5.50. The summed E-state index contributed by atoms with van der Waals surface area (Å²) >= 11 is 1.64. The molecule has 156 valence electrons. The van der Waals surface area contributed by atoms with Crippen molar-refractivity contribution in [1.82, 2.24) is 15.0 Å². The SMILES string of the molecule is C[NH+](C)CCNc1ncnc2c1sc1nc(-c3ccco3)c3c(c12)CC(C)(C)OC3. The molecular weight excluding hydrogens is 398 g/mol. The highest BCUT2D eigenvalue weighted by Crippen LogP contribution is 2.44. The van der Waals surface area contributed by atoms with E-state index in [1.54, 1.807) is 23.9 Å². The molecule has 0 amide bonds. The zero-order chi connectivity index (χ0) is 20.9. The molecule has 4 aromatic rings. The predicted molar refractivity (Wildman–Crippen MR) is 119 cm³/mol. The van der Waals surface area contributed by atoms with Gasteiger partial charge in [0.2, 0.25) is 0 Å². The van der Waals surface area contributed by atoms with Crippen molar-refractivity contribution in [1.29, 1.82) is 0 Å². The van der Waals surface area contributed by atoms with Gasteiger partial charge in [0.1, 0.15) is 22.7 Å². The summed E-state index contributed by atoms with van der Waals surface area (Å²) in [4.78, 5) is 16.6. The Balaban J connectivity index is 1.73. The van der Waals surface area contributed by atoms with Gasteiger partial charge in [-0.1, -0.05) is 0 Å². The van der Waals surface area contributed by atoms with E-state index in [4.69, 9.17) is 14.1 Å². The maximum atomic E-state index is 6.14. The van der Waals surface area contributed by atoms with Crippen molar-refractivity contribution in [2.75, 3.05) is 32.5 Å². The predicted octanol–water partition coefficient (Wildman–Crippen LogP) is 2.91. The van der Waals surface area contributed by atoms with Crippen molar-refractivity contribution < 1.29 is 14.1 Å². The summed E-state index contributed by atoms with van der Waals surface area (Å²) in [6.07, 6.45) is 4.14. The summed E-state index contributed by atoms with van der Waals surface area (Å²) in [5.41, 5.74) is 3.95. The maximum absolute atomic E-state index is 6.14. The molecule has 0 radical (unpaired) electrons.